The lowest BCUT2D eigenvalue weighted by atomic mass is 9.82. The van der Waals surface area contributed by atoms with Crippen molar-refractivity contribution in [3.63, 3.8) is 0 Å². The molecule has 186 valence electrons. The van der Waals surface area contributed by atoms with E-state index in [1.807, 2.05) is 6.92 Å². The molecule has 1 aliphatic rings. The predicted octanol–water partition coefficient (Wildman–Crippen LogP) is 2.96. The molecule has 1 aliphatic heterocycles. The minimum absolute atomic E-state index is 0.0821. The van der Waals surface area contributed by atoms with Crippen molar-refractivity contribution in [1.29, 1.82) is 0 Å². The minimum Gasteiger partial charge on any atom is -0.379 e. The predicted molar refractivity (Wildman–Crippen MR) is 120 cm³/mol. The maximum atomic E-state index is 13.2. The highest BCUT2D eigenvalue weighted by Gasteiger charge is 2.44. The normalized spacial score (nSPS) is 15.6. The quantitative estimate of drug-likeness (QED) is 0.541. The first kappa shape index (κ1) is 24.8. The van der Waals surface area contributed by atoms with Crippen LogP contribution >= 0.6 is 0 Å². The molecule has 1 N–H and O–H groups in total. The number of pyridine rings is 1. The Morgan fingerprint density at radius 1 is 1.20 bits per heavy atom. The summed E-state index contributed by atoms with van der Waals surface area (Å²) < 4.78 is 71.0. The highest BCUT2D eigenvalue weighted by atomic mass is 32.2. The number of nitrogens with one attached hydrogen (secondary N) is 1. The first-order valence-electron chi connectivity index (χ1n) is 10.6. The summed E-state index contributed by atoms with van der Waals surface area (Å²) in [7, 11) is -3.99. The molecule has 0 unspecified atom stereocenters. The highest BCUT2D eigenvalue weighted by Crippen LogP contribution is 2.33. The van der Waals surface area contributed by atoms with Gasteiger partial charge in [0.1, 0.15) is 4.90 Å². The van der Waals surface area contributed by atoms with E-state index in [0.717, 1.165) is 30.6 Å². The van der Waals surface area contributed by atoms with Gasteiger partial charge in [-0.1, -0.05) is 19.9 Å². The number of hydrogen-bond donors (Lipinski definition) is 1. The molecule has 0 aliphatic carbocycles. The summed E-state index contributed by atoms with van der Waals surface area (Å²) in [5.41, 5.74) is -2.65. The summed E-state index contributed by atoms with van der Waals surface area (Å²) in [4.78, 5) is 29.5. The van der Waals surface area contributed by atoms with E-state index in [1.165, 1.54) is 6.92 Å². The standard InChI is InChI=1S/C22H21F3N4O5S/c1-3-21(11-34-12-21)20(31)28-15-8-17(35(32,33)4-2)18(26-10-15)29-19(30)16-7-14(22(23,24)25)6-5-13(16)9-27-29/h5-10H,3-4,11-12H2,1-2H3,(H,28,31). The van der Waals surface area contributed by atoms with Gasteiger partial charge in [-0.25, -0.2) is 13.4 Å². The summed E-state index contributed by atoms with van der Waals surface area (Å²) in [6.07, 6.45) is -1.85. The van der Waals surface area contributed by atoms with Crippen LogP contribution < -0.4 is 10.9 Å². The Kier molecular flexibility index (Phi) is 6.18. The third-order valence-electron chi connectivity index (χ3n) is 6.04. The van der Waals surface area contributed by atoms with Gasteiger partial charge in [0.2, 0.25) is 5.91 Å². The van der Waals surface area contributed by atoms with Crippen LogP contribution in [0.25, 0.3) is 16.6 Å². The zero-order valence-electron chi connectivity index (χ0n) is 18.7. The number of carbonyl (C=O) groups is 1. The fourth-order valence-electron chi connectivity index (χ4n) is 3.62. The van der Waals surface area contributed by atoms with Crippen LogP contribution in [-0.4, -0.2) is 48.1 Å². The smallest absolute Gasteiger partial charge is 0.379 e. The van der Waals surface area contributed by atoms with E-state index in [-0.39, 0.29) is 47.2 Å². The SMILES string of the molecule is CCC1(C(=O)Nc2cnc(-n3ncc4ccc(C(F)(F)F)cc4c3=O)c(S(=O)(=O)CC)c2)COC1. The Hall–Kier alpha value is -3.32. The highest BCUT2D eigenvalue weighted by molar-refractivity contribution is 7.91. The van der Waals surface area contributed by atoms with E-state index in [9.17, 15) is 31.2 Å². The lowest BCUT2D eigenvalue weighted by Crippen LogP contribution is -2.51. The van der Waals surface area contributed by atoms with Gasteiger partial charge in [-0.15, -0.1) is 0 Å². The minimum atomic E-state index is -4.68. The van der Waals surface area contributed by atoms with Crippen molar-refractivity contribution in [2.24, 2.45) is 5.41 Å². The number of fused-ring (bicyclic) bond motifs is 1. The van der Waals surface area contributed by atoms with Gasteiger partial charge < -0.3 is 10.1 Å². The van der Waals surface area contributed by atoms with Crippen LogP contribution in [0.15, 0.2) is 46.3 Å². The zero-order valence-corrected chi connectivity index (χ0v) is 19.5. The summed E-state index contributed by atoms with van der Waals surface area (Å²) in [5.74, 6) is -1.10. The van der Waals surface area contributed by atoms with Gasteiger partial charge in [-0.3, -0.25) is 9.59 Å². The van der Waals surface area contributed by atoms with Crippen molar-refractivity contribution in [3.8, 4) is 5.82 Å². The summed E-state index contributed by atoms with van der Waals surface area (Å²) in [5, 5.41) is 6.42. The summed E-state index contributed by atoms with van der Waals surface area (Å²) in [6.45, 7) is 3.68. The number of benzene rings is 1. The van der Waals surface area contributed by atoms with Crippen molar-refractivity contribution in [3.05, 3.63) is 52.6 Å². The van der Waals surface area contributed by atoms with Crippen LogP contribution in [0, 0.1) is 5.41 Å². The molecule has 3 aromatic rings. The number of carbonyl (C=O) groups excluding carboxylic acids is 1. The Labute approximate surface area is 197 Å². The molecule has 4 rings (SSSR count). The van der Waals surface area contributed by atoms with E-state index < -0.39 is 37.4 Å². The molecule has 1 fully saturated rings. The number of rotatable bonds is 6. The van der Waals surface area contributed by atoms with Crippen molar-refractivity contribution in [2.75, 3.05) is 24.3 Å². The Balaban J connectivity index is 1.84. The molecule has 1 amide bonds. The van der Waals surface area contributed by atoms with Crippen LogP contribution in [-0.2, 0) is 25.5 Å². The topological polar surface area (TPSA) is 120 Å². The van der Waals surface area contributed by atoms with Gasteiger partial charge in [-0.05, 0) is 24.6 Å². The zero-order chi connectivity index (χ0) is 25.6. The van der Waals surface area contributed by atoms with Crippen LogP contribution in [0.2, 0.25) is 0 Å². The first-order valence-corrected chi connectivity index (χ1v) is 12.3. The third-order valence-corrected chi connectivity index (χ3v) is 7.77. The molecule has 0 spiro atoms. The van der Waals surface area contributed by atoms with Crippen LogP contribution in [0.4, 0.5) is 18.9 Å². The third kappa shape index (κ3) is 4.41. The van der Waals surface area contributed by atoms with Crippen LogP contribution in [0.3, 0.4) is 0 Å². The second-order valence-corrected chi connectivity index (χ2v) is 10.4. The fourth-order valence-corrected chi connectivity index (χ4v) is 4.66. The van der Waals surface area contributed by atoms with Crippen LogP contribution in [0.5, 0.6) is 0 Å². The van der Waals surface area contributed by atoms with Crippen LogP contribution in [0.1, 0.15) is 25.8 Å². The van der Waals surface area contributed by atoms with Gasteiger partial charge in [-0.2, -0.15) is 23.0 Å². The first-order chi connectivity index (χ1) is 16.4. The van der Waals surface area contributed by atoms with E-state index in [4.69, 9.17) is 4.74 Å². The molecule has 0 saturated carbocycles. The number of nitrogens with zero attached hydrogens (tertiary/aromatic N) is 3. The van der Waals surface area contributed by atoms with Gasteiger partial charge in [0.05, 0.1) is 53.4 Å². The van der Waals surface area contributed by atoms with Gasteiger partial charge in [0, 0.05) is 5.39 Å². The molecule has 0 radical (unpaired) electrons. The lowest BCUT2D eigenvalue weighted by molar-refractivity contribution is -0.156. The molecule has 1 aromatic carbocycles. The fraction of sp³-hybridized carbons (Fsp3) is 0.364. The Morgan fingerprint density at radius 3 is 2.49 bits per heavy atom. The number of halogens is 3. The Bertz CT molecular complexity index is 1480. The second kappa shape index (κ2) is 8.72. The maximum absolute atomic E-state index is 13.2. The molecule has 0 bridgehead atoms. The average molecular weight is 510 g/mol. The summed E-state index contributed by atoms with van der Waals surface area (Å²) >= 11 is 0. The molecule has 1 saturated heterocycles. The van der Waals surface area contributed by atoms with E-state index in [1.54, 1.807) is 0 Å². The van der Waals surface area contributed by atoms with E-state index in [0.29, 0.717) is 17.2 Å². The molecule has 35 heavy (non-hydrogen) atoms. The number of ether oxygens (including phenoxy) is 1. The van der Waals surface area contributed by atoms with E-state index in [2.05, 4.69) is 15.4 Å². The average Bonchev–Trinajstić information content (AvgIpc) is 2.78. The number of anilines is 1. The molecule has 13 heteroatoms. The number of amides is 1. The Morgan fingerprint density at radius 2 is 1.91 bits per heavy atom. The van der Waals surface area contributed by atoms with Crippen molar-refractivity contribution < 1.29 is 31.1 Å². The van der Waals surface area contributed by atoms with Crippen molar-refractivity contribution in [2.45, 2.75) is 31.3 Å². The monoisotopic (exact) mass is 510 g/mol. The number of aromatic nitrogens is 3. The molecule has 3 heterocycles. The largest absolute Gasteiger partial charge is 0.416 e. The maximum Gasteiger partial charge on any atom is 0.416 e. The van der Waals surface area contributed by atoms with Gasteiger partial charge in [0.15, 0.2) is 15.7 Å². The number of alkyl halides is 3. The molecular weight excluding hydrogens is 489 g/mol. The molecule has 0 atom stereocenters. The van der Waals surface area contributed by atoms with Crippen molar-refractivity contribution >= 4 is 32.2 Å². The lowest BCUT2D eigenvalue weighted by Gasteiger charge is -2.38. The number of sulfone groups is 1. The summed E-state index contributed by atoms with van der Waals surface area (Å²) in [6, 6.07) is 3.78. The van der Waals surface area contributed by atoms with Gasteiger partial charge >= 0.3 is 6.18 Å². The number of hydrogen-bond acceptors (Lipinski definition) is 7. The van der Waals surface area contributed by atoms with E-state index >= 15 is 0 Å². The molecule has 2 aromatic heterocycles. The molecular formula is C22H21F3N4O5S. The second-order valence-electron chi connectivity index (χ2n) is 8.19. The van der Waals surface area contributed by atoms with Crippen molar-refractivity contribution in [1.82, 2.24) is 14.8 Å². The molecule has 9 nitrogen and oxygen atoms in total. The van der Waals surface area contributed by atoms with Gasteiger partial charge in [0.25, 0.3) is 5.56 Å².